The van der Waals surface area contributed by atoms with Crippen molar-refractivity contribution in [1.82, 2.24) is 4.90 Å². The molecule has 4 atom stereocenters. The first-order chi connectivity index (χ1) is 14.6. The molecule has 2 aromatic rings. The van der Waals surface area contributed by atoms with Crippen LogP contribution in [-0.2, 0) is 17.6 Å². The van der Waals surface area contributed by atoms with Crippen molar-refractivity contribution in [2.24, 2.45) is 5.92 Å². The highest BCUT2D eigenvalue weighted by Crippen LogP contribution is 2.55. The standard InChI is InChI=1S/C25H29Cl2NO3/c1-14-16-6-4-7-17(19-11-21(19)25(2,3)31)18(16)10-15(13-29)28(14)24(30)12-20-22(26)8-5-9-23(20)27/h4-9,14-15,19,21,29,31H,10-13H2,1-3H3/t14-,15+,19-,21+/m0/s1. The summed E-state index contributed by atoms with van der Waals surface area (Å²) in [6.45, 7) is 5.63. The first-order valence-electron chi connectivity index (χ1n) is 10.8. The average Bonchev–Trinajstić information content (AvgIpc) is 3.51. The van der Waals surface area contributed by atoms with Gasteiger partial charge in [-0.25, -0.2) is 0 Å². The van der Waals surface area contributed by atoms with Gasteiger partial charge in [0, 0.05) is 10.0 Å². The van der Waals surface area contributed by atoms with Crippen LogP contribution in [0.3, 0.4) is 0 Å². The Morgan fingerprint density at radius 2 is 1.74 bits per heavy atom. The fraction of sp³-hybridized carbons (Fsp3) is 0.480. The summed E-state index contributed by atoms with van der Waals surface area (Å²) in [6.07, 6.45) is 1.66. The number of halogens is 2. The summed E-state index contributed by atoms with van der Waals surface area (Å²) in [4.78, 5) is 15.1. The summed E-state index contributed by atoms with van der Waals surface area (Å²) in [7, 11) is 0. The number of carbonyl (C=O) groups excluding carboxylic acids is 1. The van der Waals surface area contributed by atoms with E-state index in [4.69, 9.17) is 23.2 Å². The Morgan fingerprint density at radius 1 is 1.13 bits per heavy atom. The number of rotatable bonds is 5. The van der Waals surface area contributed by atoms with Crippen LogP contribution >= 0.6 is 23.2 Å². The van der Waals surface area contributed by atoms with E-state index >= 15 is 0 Å². The number of aliphatic hydroxyl groups excluding tert-OH is 1. The van der Waals surface area contributed by atoms with Crippen LogP contribution in [0.5, 0.6) is 0 Å². The lowest BCUT2D eigenvalue weighted by Crippen LogP contribution is -2.49. The lowest BCUT2D eigenvalue weighted by atomic mass is 9.83. The Hall–Kier alpha value is -1.59. The SMILES string of the molecule is C[C@H]1c2cccc([C@@H]3C[C@H]3C(C)(C)O)c2C[C@H](CO)N1C(=O)Cc1c(Cl)cccc1Cl. The molecule has 0 spiro atoms. The van der Waals surface area contributed by atoms with Crippen molar-refractivity contribution in [2.75, 3.05) is 6.61 Å². The predicted molar refractivity (Wildman–Crippen MR) is 124 cm³/mol. The molecule has 4 rings (SSSR count). The first kappa shape index (κ1) is 22.6. The maximum Gasteiger partial charge on any atom is 0.227 e. The summed E-state index contributed by atoms with van der Waals surface area (Å²) >= 11 is 12.6. The van der Waals surface area contributed by atoms with Crippen molar-refractivity contribution < 1.29 is 15.0 Å². The number of amides is 1. The predicted octanol–water partition coefficient (Wildman–Crippen LogP) is 4.92. The largest absolute Gasteiger partial charge is 0.394 e. The second-order valence-electron chi connectivity index (χ2n) is 9.41. The van der Waals surface area contributed by atoms with Gasteiger partial charge in [0.05, 0.1) is 30.7 Å². The maximum atomic E-state index is 13.3. The highest BCUT2D eigenvalue weighted by Gasteiger charge is 2.49. The number of hydrogen-bond acceptors (Lipinski definition) is 3. The monoisotopic (exact) mass is 461 g/mol. The molecule has 1 amide bonds. The van der Waals surface area contributed by atoms with Crippen molar-refractivity contribution >= 4 is 29.1 Å². The van der Waals surface area contributed by atoms with Crippen molar-refractivity contribution in [3.8, 4) is 0 Å². The maximum absolute atomic E-state index is 13.3. The molecule has 2 N–H and O–H groups in total. The Bertz CT molecular complexity index is 980. The molecular formula is C25H29Cl2NO3. The zero-order valence-corrected chi connectivity index (χ0v) is 19.6. The zero-order chi connectivity index (χ0) is 22.5. The summed E-state index contributed by atoms with van der Waals surface area (Å²) in [5.74, 6) is 0.466. The number of aliphatic hydroxyl groups is 2. The van der Waals surface area contributed by atoms with E-state index in [0.717, 1.165) is 12.0 Å². The quantitative estimate of drug-likeness (QED) is 0.664. The molecule has 0 aromatic heterocycles. The summed E-state index contributed by atoms with van der Waals surface area (Å²) in [5, 5.41) is 21.5. The van der Waals surface area contributed by atoms with E-state index in [1.165, 1.54) is 11.1 Å². The summed E-state index contributed by atoms with van der Waals surface area (Å²) in [5.41, 5.74) is 3.48. The van der Waals surface area contributed by atoms with Gasteiger partial charge in [0.2, 0.25) is 5.91 Å². The van der Waals surface area contributed by atoms with Gasteiger partial charge in [0.1, 0.15) is 0 Å². The molecule has 0 radical (unpaired) electrons. The van der Waals surface area contributed by atoms with Crippen LogP contribution in [0, 0.1) is 5.92 Å². The van der Waals surface area contributed by atoms with Gasteiger partial charge in [-0.2, -0.15) is 0 Å². The van der Waals surface area contributed by atoms with Crippen molar-refractivity contribution in [1.29, 1.82) is 0 Å². The van der Waals surface area contributed by atoms with Crippen LogP contribution in [0.4, 0.5) is 0 Å². The molecule has 4 nitrogen and oxygen atoms in total. The molecule has 31 heavy (non-hydrogen) atoms. The second kappa shape index (κ2) is 8.40. The Kier molecular flexibility index (Phi) is 6.12. The molecule has 166 valence electrons. The number of carbonyl (C=O) groups is 1. The minimum Gasteiger partial charge on any atom is -0.394 e. The topological polar surface area (TPSA) is 60.8 Å². The Balaban J connectivity index is 1.64. The van der Waals surface area contributed by atoms with Gasteiger partial charge in [-0.3, -0.25) is 4.79 Å². The van der Waals surface area contributed by atoms with Crippen LogP contribution in [0.15, 0.2) is 36.4 Å². The fourth-order valence-electron chi connectivity index (χ4n) is 5.23. The van der Waals surface area contributed by atoms with Gasteiger partial charge in [-0.05, 0) is 79.8 Å². The molecule has 1 fully saturated rings. The van der Waals surface area contributed by atoms with Crippen LogP contribution < -0.4 is 0 Å². The van der Waals surface area contributed by atoms with Crippen LogP contribution in [0.2, 0.25) is 10.0 Å². The van der Waals surface area contributed by atoms with Crippen molar-refractivity contribution in [3.63, 3.8) is 0 Å². The molecular weight excluding hydrogens is 433 g/mol. The molecule has 2 aliphatic rings. The number of nitrogens with zero attached hydrogens (tertiary/aromatic N) is 1. The number of hydrogen-bond donors (Lipinski definition) is 2. The van der Waals surface area contributed by atoms with Gasteiger partial charge in [-0.15, -0.1) is 0 Å². The van der Waals surface area contributed by atoms with E-state index in [9.17, 15) is 15.0 Å². The van der Waals surface area contributed by atoms with E-state index in [0.29, 0.717) is 27.9 Å². The van der Waals surface area contributed by atoms with E-state index in [1.54, 1.807) is 23.1 Å². The molecule has 6 heteroatoms. The smallest absolute Gasteiger partial charge is 0.227 e. The third-order valence-electron chi connectivity index (χ3n) is 6.93. The fourth-order valence-corrected chi connectivity index (χ4v) is 5.76. The first-order valence-corrected chi connectivity index (χ1v) is 11.6. The number of fused-ring (bicyclic) bond motifs is 1. The molecule has 0 saturated heterocycles. The van der Waals surface area contributed by atoms with Crippen molar-refractivity contribution in [2.45, 2.75) is 63.6 Å². The Labute approximate surface area is 193 Å². The second-order valence-corrected chi connectivity index (χ2v) is 10.2. The highest BCUT2D eigenvalue weighted by molar-refractivity contribution is 6.36. The highest BCUT2D eigenvalue weighted by atomic mass is 35.5. The van der Waals surface area contributed by atoms with Gasteiger partial charge < -0.3 is 15.1 Å². The van der Waals surface area contributed by atoms with Gasteiger partial charge in [-0.1, -0.05) is 47.5 Å². The van der Waals surface area contributed by atoms with E-state index in [1.807, 2.05) is 26.8 Å². The summed E-state index contributed by atoms with van der Waals surface area (Å²) < 4.78 is 0. The molecule has 1 heterocycles. The van der Waals surface area contributed by atoms with Gasteiger partial charge >= 0.3 is 0 Å². The van der Waals surface area contributed by atoms with Crippen molar-refractivity contribution in [3.05, 3.63) is 68.7 Å². The zero-order valence-electron chi connectivity index (χ0n) is 18.1. The molecule has 0 unspecified atom stereocenters. The minimum absolute atomic E-state index is 0.0950. The molecule has 1 saturated carbocycles. The normalized spacial score (nSPS) is 25.3. The van der Waals surface area contributed by atoms with Crippen LogP contribution in [0.25, 0.3) is 0 Å². The minimum atomic E-state index is -0.708. The number of benzene rings is 2. The lowest BCUT2D eigenvalue weighted by Gasteiger charge is -2.42. The molecule has 0 bridgehead atoms. The van der Waals surface area contributed by atoms with Crippen LogP contribution in [-0.4, -0.2) is 39.3 Å². The van der Waals surface area contributed by atoms with E-state index in [-0.39, 0.29) is 36.9 Å². The third-order valence-corrected chi connectivity index (χ3v) is 7.64. The average molecular weight is 462 g/mol. The van der Waals surface area contributed by atoms with E-state index < -0.39 is 5.60 Å². The Morgan fingerprint density at radius 3 is 2.32 bits per heavy atom. The lowest BCUT2D eigenvalue weighted by molar-refractivity contribution is -0.137. The molecule has 1 aliphatic carbocycles. The molecule has 1 aliphatic heterocycles. The summed E-state index contributed by atoms with van der Waals surface area (Å²) in [6, 6.07) is 11.0. The van der Waals surface area contributed by atoms with Crippen LogP contribution in [0.1, 0.15) is 61.4 Å². The molecule has 2 aromatic carbocycles. The van der Waals surface area contributed by atoms with Gasteiger partial charge in [0.15, 0.2) is 0 Å². The third kappa shape index (κ3) is 4.23. The van der Waals surface area contributed by atoms with Gasteiger partial charge in [0.25, 0.3) is 0 Å². The van der Waals surface area contributed by atoms with E-state index in [2.05, 4.69) is 12.1 Å².